The van der Waals surface area contributed by atoms with E-state index < -0.39 is 17.5 Å². The average Bonchev–Trinajstić information content (AvgIpc) is 2.63. The van der Waals surface area contributed by atoms with Gasteiger partial charge in [0, 0.05) is 25.2 Å². The molecule has 1 aliphatic heterocycles. The normalized spacial score (nSPS) is 21.4. The van der Waals surface area contributed by atoms with Gasteiger partial charge in [0.2, 0.25) is 0 Å². The molecule has 1 N–H and O–H groups in total. The number of nitrogens with zero attached hydrogens (tertiary/aromatic N) is 1. The minimum absolute atomic E-state index is 0.0957. The van der Waals surface area contributed by atoms with Gasteiger partial charge in [0.25, 0.3) is 5.91 Å². The third-order valence-electron chi connectivity index (χ3n) is 5.22. The summed E-state index contributed by atoms with van der Waals surface area (Å²) in [5, 5.41) is 2.85. The summed E-state index contributed by atoms with van der Waals surface area (Å²) in [6.07, 6.45) is 5.49. The van der Waals surface area contributed by atoms with Gasteiger partial charge in [-0.2, -0.15) is 0 Å². The highest BCUT2D eigenvalue weighted by Crippen LogP contribution is 2.34. The fourth-order valence-electron chi connectivity index (χ4n) is 3.86. The molecule has 0 radical (unpaired) electrons. The molecule has 1 aromatic carbocycles. The second-order valence-corrected chi connectivity index (χ2v) is 6.69. The SMILES string of the molecule is O=C(NCC1(N2CCOCC2)CCCCC1)c1cc(F)ccc1F. The predicted octanol–water partition coefficient (Wildman–Crippen LogP) is 2.73. The van der Waals surface area contributed by atoms with E-state index in [-0.39, 0.29) is 11.1 Å². The van der Waals surface area contributed by atoms with Gasteiger partial charge in [-0.25, -0.2) is 8.78 Å². The van der Waals surface area contributed by atoms with Crippen LogP contribution >= 0.6 is 0 Å². The van der Waals surface area contributed by atoms with Crippen LogP contribution in [0.4, 0.5) is 8.78 Å². The number of carbonyl (C=O) groups excluding carboxylic acids is 1. The van der Waals surface area contributed by atoms with E-state index in [0.717, 1.165) is 57.0 Å². The molecule has 0 unspecified atom stereocenters. The molecule has 1 saturated heterocycles. The molecule has 1 amide bonds. The van der Waals surface area contributed by atoms with Crippen molar-refractivity contribution in [2.24, 2.45) is 0 Å². The first kappa shape index (κ1) is 17.3. The van der Waals surface area contributed by atoms with E-state index in [2.05, 4.69) is 10.2 Å². The smallest absolute Gasteiger partial charge is 0.254 e. The number of ether oxygens (including phenoxy) is 1. The molecule has 0 spiro atoms. The fourth-order valence-corrected chi connectivity index (χ4v) is 3.86. The summed E-state index contributed by atoms with van der Waals surface area (Å²) in [7, 11) is 0. The van der Waals surface area contributed by atoms with Crippen LogP contribution in [0.25, 0.3) is 0 Å². The third-order valence-corrected chi connectivity index (χ3v) is 5.22. The van der Waals surface area contributed by atoms with Crippen molar-refractivity contribution in [2.75, 3.05) is 32.8 Å². The van der Waals surface area contributed by atoms with E-state index in [1.54, 1.807) is 0 Å². The molecule has 1 saturated carbocycles. The van der Waals surface area contributed by atoms with Crippen molar-refractivity contribution in [3.63, 3.8) is 0 Å². The molecular weight excluding hydrogens is 314 g/mol. The van der Waals surface area contributed by atoms with Gasteiger partial charge in [0.15, 0.2) is 0 Å². The quantitative estimate of drug-likeness (QED) is 0.918. The lowest BCUT2D eigenvalue weighted by Crippen LogP contribution is -2.59. The molecule has 1 aromatic rings. The summed E-state index contributed by atoms with van der Waals surface area (Å²) in [5.41, 5.74) is -0.329. The summed E-state index contributed by atoms with van der Waals surface area (Å²) >= 11 is 0. The number of carbonyl (C=O) groups is 1. The van der Waals surface area contributed by atoms with Crippen molar-refractivity contribution in [1.29, 1.82) is 0 Å². The molecular formula is C18H24F2N2O2. The van der Waals surface area contributed by atoms with Crippen molar-refractivity contribution < 1.29 is 18.3 Å². The second-order valence-electron chi connectivity index (χ2n) is 6.69. The average molecular weight is 338 g/mol. The molecule has 1 aliphatic carbocycles. The van der Waals surface area contributed by atoms with E-state index in [1.807, 2.05) is 0 Å². The van der Waals surface area contributed by atoms with Crippen LogP contribution < -0.4 is 5.32 Å². The first-order chi connectivity index (χ1) is 11.6. The van der Waals surface area contributed by atoms with Crippen LogP contribution in [0.2, 0.25) is 0 Å². The van der Waals surface area contributed by atoms with Crippen molar-refractivity contribution in [1.82, 2.24) is 10.2 Å². The fraction of sp³-hybridized carbons (Fsp3) is 0.611. The van der Waals surface area contributed by atoms with E-state index in [9.17, 15) is 13.6 Å². The van der Waals surface area contributed by atoms with Gasteiger partial charge in [-0.3, -0.25) is 9.69 Å². The standard InChI is InChI=1S/C18H24F2N2O2/c19-14-4-5-16(20)15(12-14)17(23)21-13-18(6-2-1-3-7-18)22-8-10-24-11-9-22/h4-5,12H,1-3,6-11,13H2,(H,21,23). The Balaban J connectivity index is 1.71. The molecule has 0 aromatic heterocycles. The van der Waals surface area contributed by atoms with Crippen molar-refractivity contribution in [2.45, 2.75) is 37.6 Å². The van der Waals surface area contributed by atoms with Gasteiger partial charge in [0.1, 0.15) is 11.6 Å². The Morgan fingerprint density at radius 2 is 1.88 bits per heavy atom. The zero-order chi connectivity index (χ0) is 17.0. The number of morpholine rings is 1. The molecule has 2 fully saturated rings. The van der Waals surface area contributed by atoms with E-state index in [0.29, 0.717) is 19.8 Å². The minimum Gasteiger partial charge on any atom is -0.379 e. The highest BCUT2D eigenvalue weighted by Gasteiger charge is 2.38. The summed E-state index contributed by atoms with van der Waals surface area (Å²) in [4.78, 5) is 14.7. The number of amides is 1. The molecule has 132 valence electrons. The first-order valence-corrected chi connectivity index (χ1v) is 8.67. The molecule has 1 heterocycles. The van der Waals surface area contributed by atoms with Crippen LogP contribution in [0, 0.1) is 11.6 Å². The molecule has 24 heavy (non-hydrogen) atoms. The number of nitrogens with one attached hydrogen (secondary N) is 1. The van der Waals surface area contributed by atoms with Crippen LogP contribution in [-0.2, 0) is 4.74 Å². The summed E-state index contributed by atoms with van der Waals surface area (Å²) in [6.45, 7) is 3.57. The van der Waals surface area contributed by atoms with Crippen molar-refractivity contribution >= 4 is 5.91 Å². The third kappa shape index (κ3) is 3.75. The zero-order valence-corrected chi connectivity index (χ0v) is 13.8. The number of hydrogen-bond acceptors (Lipinski definition) is 3. The largest absolute Gasteiger partial charge is 0.379 e. The number of rotatable bonds is 4. The van der Waals surface area contributed by atoms with Gasteiger partial charge >= 0.3 is 0 Å². The maximum Gasteiger partial charge on any atom is 0.254 e. The minimum atomic E-state index is -0.696. The summed E-state index contributed by atoms with van der Waals surface area (Å²) < 4.78 is 32.5. The number of hydrogen-bond donors (Lipinski definition) is 1. The number of halogens is 2. The Labute approximate surface area is 141 Å². The lowest BCUT2D eigenvalue weighted by atomic mass is 9.79. The van der Waals surface area contributed by atoms with Crippen LogP contribution in [0.1, 0.15) is 42.5 Å². The Hall–Kier alpha value is -1.53. The highest BCUT2D eigenvalue weighted by atomic mass is 19.1. The zero-order valence-electron chi connectivity index (χ0n) is 13.8. The van der Waals surface area contributed by atoms with Gasteiger partial charge in [0.05, 0.1) is 18.8 Å². The van der Waals surface area contributed by atoms with E-state index >= 15 is 0 Å². The van der Waals surface area contributed by atoms with Crippen LogP contribution in [-0.4, -0.2) is 49.2 Å². The number of benzene rings is 1. The Morgan fingerprint density at radius 3 is 2.58 bits per heavy atom. The first-order valence-electron chi connectivity index (χ1n) is 8.67. The molecule has 0 atom stereocenters. The van der Waals surface area contributed by atoms with E-state index in [1.165, 1.54) is 6.42 Å². The molecule has 6 heteroatoms. The maximum absolute atomic E-state index is 13.8. The Morgan fingerprint density at radius 1 is 1.17 bits per heavy atom. The molecule has 3 rings (SSSR count). The van der Waals surface area contributed by atoms with E-state index in [4.69, 9.17) is 4.74 Å². The molecule has 2 aliphatic rings. The monoisotopic (exact) mass is 338 g/mol. The van der Waals surface area contributed by atoms with Crippen molar-refractivity contribution in [3.05, 3.63) is 35.4 Å². The lowest BCUT2D eigenvalue weighted by Gasteiger charge is -2.48. The Bertz CT molecular complexity index is 582. The van der Waals surface area contributed by atoms with Gasteiger partial charge in [-0.1, -0.05) is 19.3 Å². The second kappa shape index (κ2) is 7.57. The predicted molar refractivity (Wildman–Crippen MR) is 86.9 cm³/mol. The topological polar surface area (TPSA) is 41.6 Å². The maximum atomic E-state index is 13.8. The summed E-state index contributed by atoms with van der Waals surface area (Å²) in [6, 6.07) is 2.96. The van der Waals surface area contributed by atoms with Crippen LogP contribution in [0.3, 0.4) is 0 Å². The highest BCUT2D eigenvalue weighted by molar-refractivity contribution is 5.94. The van der Waals surface area contributed by atoms with Gasteiger partial charge < -0.3 is 10.1 Å². The molecule has 4 nitrogen and oxygen atoms in total. The Kier molecular flexibility index (Phi) is 5.46. The molecule has 0 bridgehead atoms. The summed E-state index contributed by atoms with van der Waals surface area (Å²) in [5.74, 6) is -1.86. The van der Waals surface area contributed by atoms with Crippen molar-refractivity contribution in [3.8, 4) is 0 Å². The van der Waals surface area contributed by atoms with Crippen LogP contribution in [0.5, 0.6) is 0 Å². The van der Waals surface area contributed by atoms with Gasteiger partial charge in [-0.15, -0.1) is 0 Å². The van der Waals surface area contributed by atoms with Gasteiger partial charge in [-0.05, 0) is 31.0 Å². The lowest BCUT2D eigenvalue weighted by molar-refractivity contribution is -0.0361. The van der Waals surface area contributed by atoms with Crippen LogP contribution in [0.15, 0.2) is 18.2 Å².